The van der Waals surface area contributed by atoms with Crippen molar-refractivity contribution in [3.8, 4) is 11.5 Å². The van der Waals surface area contributed by atoms with Crippen LogP contribution >= 0.6 is 23.4 Å². The van der Waals surface area contributed by atoms with Crippen LogP contribution in [0.1, 0.15) is 25.3 Å². The molecule has 1 N–H and O–H groups in total. The number of amides is 1. The van der Waals surface area contributed by atoms with Gasteiger partial charge < -0.3 is 14.8 Å². The zero-order valence-corrected chi connectivity index (χ0v) is 17.5. The largest absolute Gasteiger partial charge is 0.493 e. The minimum atomic E-state index is -0.104. The van der Waals surface area contributed by atoms with Gasteiger partial charge in [-0.1, -0.05) is 24.6 Å². The molecule has 6 heteroatoms. The van der Waals surface area contributed by atoms with Crippen molar-refractivity contribution in [3.05, 3.63) is 53.1 Å². The highest BCUT2D eigenvalue weighted by molar-refractivity contribution is 8.00. The average molecular weight is 408 g/mol. The molecule has 0 bridgehead atoms. The third-order valence-electron chi connectivity index (χ3n) is 4.14. The molecule has 0 aromatic heterocycles. The van der Waals surface area contributed by atoms with E-state index in [-0.39, 0.29) is 11.2 Å². The Morgan fingerprint density at radius 2 is 1.81 bits per heavy atom. The van der Waals surface area contributed by atoms with Crippen LogP contribution in [0.15, 0.2) is 47.4 Å². The molecule has 0 aliphatic carbocycles. The van der Waals surface area contributed by atoms with Crippen LogP contribution in [0.3, 0.4) is 0 Å². The number of thioether (sulfide) groups is 1. The van der Waals surface area contributed by atoms with Crippen molar-refractivity contribution < 1.29 is 14.3 Å². The Labute approximate surface area is 170 Å². The molecule has 0 fully saturated rings. The molecule has 0 aliphatic heterocycles. The van der Waals surface area contributed by atoms with E-state index in [0.717, 1.165) is 41.2 Å². The predicted octanol–water partition coefficient (Wildman–Crippen LogP) is 4.98. The van der Waals surface area contributed by atoms with Gasteiger partial charge in [-0.05, 0) is 61.2 Å². The monoisotopic (exact) mass is 407 g/mol. The predicted molar refractivity (Wildman–Crippen MR) is 112 cm³/mol. The summed E-state index contributed by atoms with van der Waals surface area (Å²) >= 11 is 7.48. The maximum atomic E-state index is 12.4. The first-order valence-corrected chi connectivity index (χ1v) is 10.2. The van der Waals surface area contributed by atoms with Crippen molar-refractivity contribution in [2.45, 2.75) is 36.3 Å². The zero-order valence-electron chi connectivity index (χ0n) is 16.0. The third kappa shape index (κ3) is 6.67. The van der Waals surface area contributed by atoms with Crippen LogP contribution in [0.2, 0.25) is 5.02 Å². The molecule has 4 nitrogen and oxygen atoms in total. The fraction of sp³-hybridized carbons (Fsp3) is 0.381. The molecule has 146 valence electrons. The second-order valence-corrected chi connectivity index (χ2v) is 7.77. The SMILES string of the molecule is CC[C@@H](Sc1ccc(Cl)cc1)C(=O)NCCCc1ccc(OC)c(OC)c1. The normalized spacial score (nSPS) is 11.7. The lowest BCUT2D eigenvalue weighted by Gasteiger charge is -2.15. The van der Waals surface area contributed by atoms with Gasteiger partial charge in [-0.15, -0.1) is 11.8 Å². The van der Waals surface area contributed by atoms with Crippen LogP contribution in [-0.4, -0.2) is 31.9 Å². The van der Waals surface area contributed by atoms with E-state index < -0.39 is 0 Å². The molecule has 0 saturated carbocycles. The van der Waals surface area contributed by atoms with Gasteiger partial charge in [-0.3, -0.25) is 4.79 Å². The average Bonchev–Trinajstić information content (AvgIpc) is 2.70. The summed E-state index contributed by atoms with van der Waals surface area (Å²) in [4.78, 5) is 13.5. The first kappa shape index (κ1) is 21.5. The van der Waals surface area contributed by atoms with Crippen LogP contribution in [-0.2, 0) is 11.2 Å². The van der Waals surface area contributed by atoms with Gasteiger partial charge in [0.25, 0.3) is 0 Å². The quantitative estimate of drug-likeness (QED) is 0.446. The molecule has 1 amide bonds. The van der Waals surface area contributed by atoms with Gasteiger partial charge in [0, 0.05) is 16.5 Å². The summed E-state index contributed by atoms with van der Waals surface area (Å²) in [6.45, 7) is 2.67. The number of rotatable bonds is 10. The van der Waals surface area contributed by atoms with Crippen molar-refractivity contribution in [1.29, 1.82) is 0 Å². The molecule has 0 spiro atoms. The maximum Gasteiger partial charge on any atom is 0.233 e. The molecule has 2 aromatic carbocycles. The minimum absolute atomic E-state index is 0.0739. The highest BCUT2D eigenvalue weighted by Gasteiger charge is 2.17. The zero-order chi connectivity index (χ0) is 19.6. The summed E-state index contributed by atoms with van der Waals surface area (Å²) < 4.78 is 10.6. The smallest absolute Gasteiger partial charge is 0.233 e. The molecule has 0 unspecified atom stereocenters. The Hall–Kier alpha value is -1.85. The van der Waals surface area contributed by atoms with E-state index in [1.165, 1.54) is 0 Å². The Kier molecular flexibility index (Phi) is 8.82. The van der Waals surface area contributed by atoms with E-state index >= 15 is 0 Å². The van der Waals surface area contributed by atoms with Gasteiger partial charge in [-0.2, -0.15) is 0 Å². The number of ether oxygens (including phenoxy) is 2. The van der Waals surface area contributed by atoms with E-state index in [1.807, 2.05) is 49.4 Å². The van der Waals surface area contributed by atoms with Crippen molar-refractivity contribution in [3.63, 3.8) is 0 Å². The molecule has 1 atom stereocenters. The van der Waals surface area contributed by atoms with Crippen LogP contribution in [0.25, 0.3) is 0 Å². The number of carbonyl (C=O) groups is 1. The second-order valence-electron chi connectivity index (χ2n) is 6.05. The molecule has 0 radical (unpaired) electrons. The van der Waals surface area contributed by atoms with Gasteiger partial charge >= 0.3 is 0 Å². The number of halogens is 1. The standard InChI is InChI=1S/C21H26ClNO3S/c1-4-20(27-17-10-8-16(22)9-11-17)21(24)23-13-5-6-15-7-12-18(25-2)19(14-15)26-3/h7-12,14,20H,4-6,13H2,1-3H3,(H,23,24)/t20-/m1/s1. The van der Waals surface area contributed by atoms with E-state index in [1.54, 1.807) is 26.0 Å². The lowest BCUT2D eigenvalue weighted by atomic mass is 10.1. The topological polar surface area (TPSA) is 47.6 Å². The highest BCUT2D eigenvalue weighted by atomic mass is 35.5. The van der Waals surface area contributed by atoms with Crippen molar-refractivity contribution in [2.75, 3.05) is 20.8 Å². The highest BCUT2D eigenvalue weighted by Crippen LogP contribution is 2.28. The molecule has 0 aliphatic rings. The van der Waals surface area contributed by atoms with E-state index in [2.05, 4.69) is 5.32 Å². The molecule has 2 rings (SSSR count). The van der Waals surface area contributed by atoms with Crippen LogP contribution in [0.5, 0.6) is 11.5 Å². The molecule has 0 saturated heterocycles. The van der Waals surface area contributed by atoms with Crippen molar-refractivity contribution >= 4 is 29.3 Å². The summed E-state index contributed by atoms with van der Waals surface area (Å²) in [6.07, 6.45) is 2.50. The van der Waals surface area contributed by atoms with Crippen LogP contribution in [0, 0.1) is 0 Å². The number of nitrogens with one attached hydrogen (secondary N) is 1. The fourth-order valence-corrected chi connectivity index (χ4v) is 3.76. The minimum Gasteiger partial charge on any atom is -0.493 e. The van der Waals surface area contributed by atoms with Crippen molar-refractivity contribution in [2.24, 2.45) is 0 Å². The summed E-state index contributed by atoms with van der Waals surface area (Å²) in [5.74, 6) is 1.52. The Morgan fingerprint density at radius 1 is 1.11 bits per heavy atom. The summed E-state index contributed by atoms with van der Waals surface area (Å²) in [5.41, 5.74) is 1.16. The van der Waals surface area contributed by atoms with Crippen LogP contribution < -0.4 is 14.8 Å². The number of methoxy groups -OCH3 is 2. The van der Waals surface area contributed by atoms with Gasteiger partial charge in [0.05, 0.1) is 19.5 Å². The Bertz CT molecular complexity index is 737. The second kappa shape index (κ2) is 11.1. The molecule has 2 aromatic rings. The Morgan fingerprint density at radius 3 is 2.44 bits per heavy atom. The fourth-order valence-electron chi connectivity index (χ4n) is 2.65. The number of benzene rings is 2. The maximum absolute atomic E-state index is 12.4. The van der Waals surface area contributed by atoms with E-state index in [4.69, 9.17) is 21.1 Å². The lowest BCUT2D eigenvalue weighted by Crippen LogP contribution is -2.33. The lowest BCUT2D eigenvalue weighted by molar-refractivity contribution is -0.120. The summed E-state index contributed by atoms with van der Waals surface area (Å²) in [6, 6.07) is 13.5. The van der Waals surface area contributed by atoms with Crippen molar-refractivity contribution in [1.82, 2.24) is 5.32 Å². The number of carbonyl (C=O) groups excluding carboxylic acids is 1. The molecule has 0 heterocycles. The first-order chi connectivity index (χ1) is 13.1. The van der Waals surface area contributed by atoms with Gasteiger partial charge in [0.15, 0.2) is 11.5 Å². The third-order valence-corrected chi connectivity index (χ3v) is 5.77. The Balaban J connectivity index is 1.79. The number of hydrogen-bond acceptors (Lipinski definition) is 4. The van der Waals surface area contributed by atoms with Gasteiger partial charge in [0.2, 0.25) is 5.91 Å². The number of aryl methyl sites for hydroxylation is 1. The number of hydrogen-bond donors (Lipinski definition) is 1. The van der Waals surface area contributed by atoms with E-state index in [9.17, 15) is 4.79 Å². The van der Waals surface area contributed by atoms with Gasteiger partial charge in [0.1, 0.15) is 0 Å². The first-order valence-electron chi connectivity index (χ1n) is 8.98. The van der Waals surface area contributed by atoms with Crippen LogP contribution in [0.4, 0.5) is 0 Å². The van der Waals surface area contributed by atoms with E-state index in [0.29, 0.717) is 11.6 Å². The molecular formula is C21H26ClNO3S. The van der Waals surface area contributed by atoms with Gasteiger partial charge in [-0.25, -0.2) is 0 Å². The summed E-state index contributed by atoms with van der Waals surface area (Å²) in [7, 11) is 3.25. The summed E-state index contributed by atoms with van der Waals surface area (Å²) in [5, 5.41) is 3.64. The molecular weight excluding hydrogens is 382 g/mol. The molecule has 27 heavy (non-hydrogen) atoms.